The molecule has 0 aliphatic heterocycles. The number of nitro groups is 1. The van der Waals surface area contributed by atoms with Crippen molar-refractivity contribution in [2.45, 2.75) is 36.6 Å². The van der Waals surface area contributed by atoms with Gasteiger partial charge in [0, 0.05) is 12.3 Å². The lowest BCUT2D eigenvalue weighted by Crippen LogP contribution is -2.26. The Morgan fingerprint density at radius 3 is 2.57 bits per heavy atom. The summed E-state index contributed by atoms with van der Waals surface area (Å²) >= 11 is 0. The Morgan fingerprint density at radius 1 is 1.29 bits per heavy atom. The smallest absolute Gasteiger partial charge is 0.310 e. The SMILES string of the molecule is CS(=O)(=O)c1cccc(NC2CC3CCC2C3)c1[N+](=O)[O-]. The number of hydrogen-bond acceptors (Lipinski definition) is 5. The number of benzene rings is 1. The molecule has 2 bridgehead atoms. The maximum atomic E-state index is 11.7. The summed E-state index contributed by atoms with van der Waals surface area (Å²) in [6.45, 7) is 0. The Morgan fingerprint density at radius 2 is 2.05 bits per heavy atom. The summed E-state index contributed by atoms with van der Waals surface area (Å²) in [5.41, 5.74) is -0.0109. The van der Waals surface area contributed by atoms with Crippen molar-refractivity contribution in [3.05, 3.63) is 28.3 Å². The van der Waals surface area contributed by atoms with E-state index >= 15 is 0 Å². The minimum Gasteiger partial charge on any atom is -0.376 e. The van der Waals surface area contributed by atoms with E-state index < -0.39 is 14.8 Å². The average Bonchev–Trinajstić information content (AvgIpc) is 2.99. The first-order valence-corrected chi connectivity index (χ1v) is 8.99. The molecule has 2 aliphatic rings. The normalized spacial score (nSPS) is 27.8. The second-order valence-electron chi connectivity index (χ2n) is 6.11. The maximum absolute atomic E-state index is 11.7. The number of nitro benzene ring substituents is 1. The van der Waals surface area contributed by atoms with Gasteiger partial charge in [0.2, 0.25) is 0 Å². The van der Waals surface area contributed by atoms with Crippen LogP contribution in [0.1, 0.15) is 25.7 Å². The Kier molecular flexibility index (Phi) is 3.39. The van der Waals surface area contributed by atoms with Gasteiger partial charge in [-0.2, -0.15) is 0 Å². The third kappa shape index (κ3) is 2.62. The van der Waals surface area contributed by atoms with Gasteiger partial charge in [-0.25, -0.2) is 8.42 Å². The van der Waals surface area contributed by atoms with Crippen molar-refractivity contribution in [1.29, 1.82) is 0 Å². The molecule has 7 heteroatoms. The summed E-state index contributed by atoms with van der Waals surface area (Å²) in [6, 6.07) is 4.66. The van der Waals surface area contributed by atoms with Gasteiger partial charge in [0.15, 0.2) is 9.84 Å². The number of anilines is 1. The van der Waals surface area contributed by atoms with Gasteiger partial charge in [-0.1, -0.05) is 12.5 Å². The molecule has 2 aliphatic carbocycles. The predicted octanol–water partition coefficient (Wildman–Crippen LogP) is 2.60. The lowest BCUT2D eigenvalue weighted by atomic mass is 9.95. The molecule has 0 radical (unpaired) electrons. The van der Waals surface area contributed by atoms with Crippen LogP contribution in [-0.4, -0.2) is 25.6 Å². The van der Waals surface area contributed by atoms with Gasteiger partial charge in [0.25, 0.3) is 0 Å². The molecule has 0 amide bonds. The van der Waals surface area contributed by atoms with Crippen molar-refractivity contribution in [3.63, 3.8) is 0 Å². The fourth-order valence-corrected chi connectivity index (χ4v) is 4.61. The van der Waals surface area contributed by atoms with E-state index in [0.717, 1.165) is 19.1 Å². The van der Waals surface area contributed by atoms with Crippen LogP contribution in [0.15, 0.2) is 23.1 Å². The summed E-state index contributed by atoms with van der Waals surface area (Å²) in [7, 11) is -3.63. The third-order valence-corrected chi connectivity index (χ3v) is 5.79. The van der Waals surface area contributed by atoms with Crippen molar-refractivity contribution >= 4 is 21.2 Å². The van der Waals surface area contributed by atoms with Crippen LogP contribution >= 0.6 is 0 Å². The van der Waals surface area contributed by atoms with E-state index in [-0.39, 0.29) is 16.6 Å². The van der Waals surface area contributed by atoms with E-state index in [1.807, 2.05) is 0 Å². The standard InChI is InChI=1S/C14H18N2O4S/c1-21(19,20)13-4-2-3-11(14(13)16(17)18)15-12-8-9-5-6-10(12)7-9/h2-4,9-10,12,15H,5-8H2,1H3. The third-order valence-electron chi connectivity index (χ3n) is 4.66. The number of nitrogens with one attached hydrogen (secondary N) is 1. The maximum Gasteiger partial charge on any atom is 0.310 e. The van der Waals surface area contributed by atoms with Crippen LogP contribution in [0.5, 0.6) is 0 Å². The largest absolute Gasteiger partial charge is 0.376 e. The fraction of sp³-hybridized carbons (Fsp3) is 0.571. The zero-order valence-electron chi connectivity index (χ0n) is 11.8. The van der Waals surface area contributed by atoms with Crippen LogP contribution in [-0.2, 0) is 9.84 Å². The molecule has 1 aromatic carbocycles. The van der Waals surface area contributed by atoms with Crippen molar-refractivity contribution in [1.82, 2.24) is 0 Å². The number of sulfone groups is 1. The second kappa shape index (κ2) is 4.98. The predicted molar refractivity (Wildman–Crippen MR) is 79.1 cm³/mol. The molecule has 3 rings (SSSR count). The molecule has 6 nitrogen and oxygen atoms in total. The molecule has 0 heterocycles. The molecule has 0 saturated heterocycles. The van der Waals surface area contributed by atoms with Crippen LogP contribution in [0.3, 0.4) is 0 Å². The number of hydrogen-bond donors (Lipinski definition) is 1. The Bertz CT molecular complexity index is 686. The zero-order chi connectivity index (χ0) is 15.2. The lowest BCUT2D eigenvalue weighted by molar-refractivity contribution is -0.386. The number of nitrogens with zero attached hydrogens (tertiary/aromatic N) is 1. The molecular formula is C14H18N2O4S. The minimum atomic E-state index is -3.63. The summed E-state index contributed by atoms with van der Waals surface area (Å²) in [6.07, 6.45) is 5.59. The summed E-state index contributed by atoms with van der Waals surface area (Å²) < 4.78 is 23.5. The van der Waals surface area contributed by atoms with Crippen molar-refractivity contribution < 1.29 is 13.3 Å². The van der Waals surface area contributed by atoms with Crippen molar-refractivity contribution in [3.8, 4) is 0 Å². The highest BCUT2D eigenvalue weighted by molar-refractivity contribution is 7.90. The summed E-state index contributed by atoms with van der Waals surface area (Å²) in [5.74, 6) is 1.26. The second-order valence-corrected chi connectivity index (χ2v) is 8.09. The molecular weight excluding hydrogens is 292 g/mol. The van der Waals surface area contributed by atoms with Crippen LogP contribution < -0.4 is 5.32 Å². The van der Waals surface area contributed by atoms with Crippen LogP contribution in [0.25, 0.3) is 0 Å². The molecule has 3 atom stereocenters. The molecule has 3 unspecified atom stereocenters. The van der Waals surface area contributed by atoms with E-state index in [1.165, 1.54) is 18.9 Å². The fourth-order valence-electron chi connectivity index (χ4n) is 3.75. The van der Waals surface area contributed by atoms with Crippen LogP contribution in [0, 0.1) is 22.0 Å². The number of para-hydroxylation sites is 1. The minimum absolute atomic E-state index is 0.220. The Labute approximate surface area is 123 Å². The van der Waals surface area contributed by atoms with Gasteiger partial charge in [-0.05, 0) is 43.2 Å². The van der Waals surface area contributed by atoms with Gasteiger partial charge in [-0.15, -0.1) is 0 Å². The first-order chi connectivity index (χ1) is 9.86. The zero-order valence-corrected chi connectivity index (χ0v) is 12.6. The van der Waals surface area contributed by atoms with Gasteiger partial charge >= 0.3 is 5.69 Å². The van der Waals surface area contributed by atoms with E-state index in [1.54, 1.807) is 12.1 Å². The molecule has 1 N–H and O–H groups in total. The van der Waals surface area contributed by atoms with Gasteiger partial charge in [0.05, 0.1) is 4.92 Å². The quantitative estimate of drug-likeness (QED) is 0.682. The molecule has 0 spiro atoms. The Balaban J connectivity index is 1.97. The highest BCUT2D eigenvalue weighted by Crippen LogP contribution is 2.46. The highest BCUT2D eigenvalue weighted by atomic mass is 32.2. The first kappa shape index (κ1) is 14.3. The molecule has 0 aromatic heterocycles. The van der Waals surface area contributed by atoms with Crippen molar-refractivity contribution in [2.75, 3.05) is 11.6 Å². The van der Waals surface area contributed by atoms with Crippen molar-refractivity contribution in [2.24, 2.45) is 11.8 Å². The van der Waals surface area contributed by atoms with E-state index in [0.29, 0.717) is 17.5 Å². The van der Waals surface area contributed by atoms with E-state index in [9.17, 15) is 18.5 Å². The number of rotatable bonds is 4. The summed E-state index contributed by atoms with van der Waals surface area (Å²) in [5, 5.41) is 14.6. The molecule has 2 fully saturated rings. The van der Waals surface area contributed by atoms with Crippen LogP contribution in [0.2, 0.25) is 0 Å². The monoisotopic (exact) mass is 310 g/mol. The van der Waals surface area contributed by atoms with E-state index in [2.05, 4.69) is 5.32 Å². The van der Waals surface area contributed by atoms with Gasteiger partial charge in [-0.3, -0.25) is 10.1 Å². The van der Waals surface area contributed by atoms with Crippen LogP contribution in [0.4, 0.5) is 11.4 Å². The van der Waals surface area contributed by atoms with Gasteiger partial charge in [0.1, 0.15) is 10.6 Å². The van der Waals surface area contributed by atoms with E-state index in [4.69, 9.17) is 0 Å². The molecule has 1 aromatic rings. The number of fused-ring (bicyclic) bond motifs is 2. The topological polar surface area (TPSA) is 89.3 Å². The lowest BCUT2D eigenvalue weighted by Gasteiger charge is -2.24. The van der Waals surface area contributed by atoms with Gasteiger partial charge < -0.3 is 5.32 Å². The molecule has 2 saturated carbocycles. The first-order valence-electron chi connectivity index (χ1n) is 7.10. The Hall–Kier alpha value is -1.63. The highest BCUT2D eigenvalue weighted by Gasteiger charge is 2.40. The average molecular weight is 310 g/mol. The molecule has 114 valence electrons. The summed E-state index contributed by atoms with van der Waals surface area (Å²) in [4.78, 5) is 10.5. The molecule has 21 heavy (non-hydrogen) atoms.